The van der Waals surface area contributed by atoms with E-state index in [-0.39, 0.29) is 5.91 Å². The highest BCUT2D eigenvalue weighted by Crippen LogP contribution is 2.08. The van der Waals surface area contributed by atoms with Crippen molar-refractivity contribution in [3.05, 3.63) is 16.6 Å². The van der Waals surface area contributed by atoms with Crippen molar-refractivity contribution in [2.45, 2.75) is 25.8 Å². The molecule has 1 amide bonds. The number of thiazole rings is 1. The second-order valence-corrected chi connectivity index (χ2v) is 4.98. The van der Waals surface area contributed by atoms with E-state index >= 15 is 0 Å². The molecule has 0 saturated carbocycles. The molecule has 1 aromatic heterocycles. The summed E-state index contributed by atoms with van der Waals surface area (Å²) in [7, 11) is 0. The Bertz CT molecular complexity index is 320. The molecule has 1 fully saturated rings. The van der Waals surface area contributed by atoms with Crippen molar-refractivity contribution in [2.24, 2.45) is 0 Å². The van der Waals surface area contributed by atoms with Crippen LogP contribution in [-0.2, 0) is 11.3 Å². The van der Waals surface area contributed by atoms with Gasteiger partial charge in [-0.15, -0.1) is 11.3 Å². The van der Waals surface area contributed by atoms with Gasteiger partial charge in [-0.05, 0) is 19.3 Å². The predicted octanol–water partition coefficient (Wildman–Crippen LogP) is 1.25. The summed E-state index contributed by atoms with van der Waals surface area (Å²) in [6, 6.07) is 0. The Morgan fingerprint density at radius 2 is 2.25 bits per heavy atom. The molecule has 1 aromatic rings. The van der Waals surface area contributed by atoms with Crippen molar-refractivity contribution < 1.29 is 4.79 Å². The molecule has 0 unspecified atom stereocenters. The zero-order chi connectivity index (χ0) is 11.2. The summed E-state index contributed by atoms with van der Waals surface area (Å²) in [5, 5.41) is 3.16. The predicted molar refractivity (Wildman–Crippen MR) is 64.3 cm³/mol. The van der Waals surface area contributed by atoms with Crippen LogP contribution in [0, 0.1) is 0 Å². The molecule has 0 radical (unpaired) electrons. The highest BCUT2D eigenvalue weighted by Gasteiger charge is 2.15. The standard InChI is InChI=1S/C11H17N3OS/c15-11(14-4-2-1-3-5-14)8-12-6-10-7-13-9-16-10/h7,9,12H,1-6,8H2. The molecule has 0 atom stereocenters. The van der Waals surface area contributed by atoms with Crippen LogP contribution in [0.25, 0.3) is 0 Å². The number of amides is 1. The Balaban J connectivity index is 1.67. The third-order valence-electron chi connectivity index (χ3n) is 2.77. The Morgan fingerprint density at radius 1 is 1.44 bits per heavy atom. The van der Waals surface area contributed by atoms with E-state index in [4.69, 9.17) is 0 Å². The summed E-state index contributed by atoms with van der Waals surface area (Å²) >= 11 is 1.61. The second kappa shape index (κ2) is 5.96. The molecule has 1 N–H and O–H groups in total. The first kappa shape index (κ1) is 11.5. The fraction of sp³-hybridized carbons (Fsp3) is 0.636. The fourth-order valence-corrected chi connectivity index (χ4v) is 2.44. The number of nitrogens with one attached hydrogen (secondary N) is 1. The molecule has 1 aliphatic rings. The fourth-order valence-electron chi connectivity index (χ4n) is 1.88. The molecule has 2 rings (SSSR count). The van der Waals surface area contributed by atoms with Gasteiger partial charge in [-0.3, -0.25) is 9.78 Å². The number of likely N-dealkylation sites (tertiary alicyclic amines) is 1. The summed E-state index contributed by atoms with van der Waals surface area (Å²) in [6.07, 6.45) is 5.41. The highest BCUT2D eigenvalue weighted by molar-refractivity contribution is 7.09. The van der Waals surface area contributed by atoms with Gasteiger partial charge in [-0.2, -0.15) is 0 Å². The Morgan fingerprint density at radius 3 is 2.94 bits per heavy atom. The summed E-state index contributed by atoms with van der Waals surface area (Å²) in [4.78, 5) is 18.9. The lowest BCUT2D eigenvalue weighted by atomic mass is 10.1. The number of carbonyl (C=O) groups is 1. The van der Waals surface area contributed by atoms with Crippen molar-refractivity contribution in [2.75, 3.05) is 19.6 Å². The van der Waals surface area contributed by atoms with E-state index in [2.05, 4.69) is 10.3 Å². The normalized spacial score (nSPS) is 16.4. The largest absolute Gasteiger partial charge is 0.342 e. The van der Waals surface area contributed by atoms with Gasteiger partial charge in [0.05, 0.1) is 12.1 Å². The lowest BCUT2D eigenvalue weighted by molar-refractivity contribution is -0.131. The van der Waals surface area contributed by atoms with E-state index in [1.165, 1.54) is 11.3 Å². The zero-order valence-electron chi connectivity index (χ0n) is 9.32. The molecule has 5 heteroatoms. The maximum absolute atomic E-state index is 11.8. The summed E-state index contributed by atoms with van der Waals surface area (Å²) in [5.74, 6) is 0.226. The lowest BCUT2D eigenvalue weighted by Gasteiger charge is -2.26. The van der Waals surface area contributed by atoms with Gasteiger partial charge >= 0.3 is 0 Å². The summed E-state index contributed by atoms with van der Waals surface area (Å²) < 4.78 is 0. The van der Waals surface area contributed by atoms with Gasteiger partial charge in [0, 0.05) is 30.7 Å². The smallest absolute Gasteiger partial charge is 0.236 e. The third-order valence-corrected chi connectivity index (χ3v) is 3.55. The van der Waals surface area contributed by atoms with Crippen LogP contribution in [0.15, 0.2) is 11.7 Å². The molecule has 16 heavy (non-hydrogen) atoms. The molecule has 2 heterocycles. The molecule has 1 aliphatic heterocycles. The first-order chi connectivity index (χ1) is 7.86. The van der Waals surface area contributed by atoms with E-state index in [1.54, 1.807) is 11.3 Å². The summed E-state index contributed by atoms with van der Waals surface area (Å²) in [6.45, 7) is 3.05. The van der Waals surface area contributed by atoms with Crippen LogP contribution >= 0.6 is 11.3 Å². The minimum absolute atomic E-state index is 0.226. The molecule has 0 aromatic carbocycles. The molecule has 0 spiro atoms. The molecule has 88 valence electrons. The van der Waals surface area contributed by atoms with Crippen molar-refractivity contribution in [3.8, 4) is 0 Å². The van der Waals surface area contributed by atoms with Crippen LogP contribution < -0.4 is 5.32 Å². The second-order valence-electron chi connectivity index (χ2n) is 4.01. The number of nitrogens with zero attached hydrogens (tertiary/aromatic N) is 2. The Kier molecular flexibility index (Phi) is 4.30. The summed E-state index contributed by atoms with van der Waals surface area (Å²) in [5.41, 5.74) is 1.81. The maximum atomic E-state index is 11.8. The van der Waals surface area contributed by atoms with Gasteiger partial charge in [-0.25, -0.2) is 0 Å². The van der Waals surface area contributed by atoms with E-state index in [0.29, 0.717) is 6.54 Å². The monoisotopic (exact) mass is 239 g/mol. The third kappa shape index (κ3) is 3.28. The van der Waals surface area contributed by atoms with Crippen LogP contribution in [0.3, 0.4) is 0 Å². The maximum Gasteiger partial charge on any atom is 0.236 e. The van der Waals surface area contributed by atoms with E-state index in [9.17, 15) is 4.79 Å². The molecule has 1 saturated heterocycles. The van der Waals surface area contributed by atoms with Gasteiger partial charge in [0.2, 0.25) is 5.91 Å². The number of hydrogen-bond donors (Lipinski definition) is 1. The number of piperidine rings is 1. The average Bonchev–Trinajstić information content (AvgIpc) is 2.83. The average molecular weight is 239 g/mol. The van der Waals surface area contributed by atoms with Crippen molar-refractivity contribution in [1.29, 1.82) is 0 Å². The van der Waals surface area contributed by atoms with Crippen LogP contribution in [0.1, 0.15) is 24.1 Å². The number of rotatable bonds is 4. The topological polar surface area (TPSA) is 45.2 Å². The first-order valence-corrected chi connectivity index (χ1v) is 6.60. The van der Waals surface area contributed by atoms with Crippen molar-refractivity contribution in [3.63, 3.8) is 0 Å². The zero-order valence-corrected chi connectivity index (χ0v) is 10.1. The van der Waals surface area contributed by atoms with Gasteiger partial charge < -0.3 is 10.2 Å². The Hall–Kier alpha value is -0.940. The van der Waals surface area contributed by atoms with Gasteiger partial charge in [-0.1, -0.05) is 0 Å². The molecule has 0 bridgehead atoms. The van der Waals surface area contributed by atoms with Gasteiger partial charge in [0.15, 0.2) is 0 Å². The van der Waals surface area contributed by atoms with Crippen LogP contribution in [0.4, 0.5) is 0 Å². The van der Waals surface area contributed by atoms with E-state index < -0.39 is 0 Å². The van der Waals surface area contributed by atoms with Crippen molar-refractivity contribution >= 4 is 17.2 Å². The minimum atomic E-state index is 0.226. The molecule has 4 nitrogen and oxygen atoms in total. The van der Waals surface area contributed by atoms with Gasteiger partial charge in [0.25, 0.3) is 0 Å². The van der Waals surface area contributed by atoms with Crippen LogP contribution in [-0.4, -0.2) is 35.4 Å². The number of hydrogen-bond acceptors (Lipinski definition) is 4. The molecular formula is C11H17N3OS. The van der Waals surface area contributed by atoms with E-state index in [1.807, 2.05) is 16.6 Å². The number of carbonyl (C=O) groups excluding carboxylic acids is 1. The van der Waals surface area contributed by atoms with Crippen molar-refractivity contribution in [1.82, 2.24) is 15.2 Å². The molecule has 0 aliphatic carbocycles. The number of aromatic nitrogens is 1. The minimum Gasteiger partial charge on any atom is -0.342 e. The van der Waals surface area contributed by atoms with Crippen LogP contribution in [0.5, 0.6) is 0 Å². The van der Waals surface area contributed by atoms with Gasteiger partial charge in [0.1, 0.15) is 0 Å². The highest BCUT2D eigenvalue weighted by atomic mass is 32.1. The van der Waals surface area contributed by atoms with E-state index in [0.717, 1.165) is 32.5 Å². The first-order valence-electron chi connectivity index (χ1n) is 5.72. The quantitative estimate of drug-likeness (QED) is 0.860. The Labute approximate surface area is 99.7 Å². The SMILES string of the molecule is O=C(CNCc1cncs1)N1CCCCC1. The molecular weight excluding hydrogens is 222 g/mol. The lowest BCUT2D eigenvalue weighted by Crippen LogP contribution is -2.40. The van der Waals surface area contributed by atoms with Crippen LogP contribution in [0.2, 0.25) is 0 Å².